The van der Waals surface area contributed by atoms with Crippen molar-refractivity contribution in [2.45, 2.75) is 78.7 Å². The first kappa shape index (κ1) is 16.1. The topological polar surface area (TPSA) is 17.8 Å². The molecule has 0 saturated carbocycles. The number of aryl methyl sites for hydroxylation is 2. The van der Waals surface area contributed by atoms with Crippen molar-refractivity contribution in [1.82, 2.24) is 9.55 Å². The van der Waals surface area contributed by atoms with Gasteiger partial charge in [-0.05, 0) is 50.9 Å². The Morgan fingerprint density at radius 1 is 1.15 bits per heavy atom. The summed E-state index contributed by atoms with van der Waals surface area (Å²) in [5, 5.41) is 1.11. The number of aromatic nitrogens is 2. The first-order valence-electron chi connectivity index (χ1n) is 8.26. The summed E-state index contributed by atoms with van der Waals surface area (Å²) in [5.41, 5.74) is 3.32. The Balaban J connectivity index is 2.28. The molecule has 0 unspecified atom stereocenters. The van der Waals surface area contributed by atoms with Crippen molar-refractivity contribution in [2.75, 3.05) is 5.33 Å². The van der Waals surface area contributed by atoms with Crippen LogP contribution in [0, 0.1) is 12.3 Å². The lowest BCUT2D eigenvalue weighted by molar-refractivity contribution is 0.228. The van der Waals surface area contributed by atoms with E-state index >= 15 is 0 Å². The van der Waals surface area contributed by atoms with E-state index in [-0.39, 0.29) is 0 Å². The first-order valence-corrected chi connectivity index (χ1v) is 9.38. The van der Waals surface area contributed by atoms with E-state index in [1.807, 2.05) is 0 Å². The number of alkyl halides is 1. The molecule has 2 rings (SSSR count). The number of halogens is 1. The quantitative estimate of drug-likeness (QED) is 0.635. The maximum Gasteiger partial charge on any atom is 0.106 e. The molecule has 0 fully saturated rings. The van der Waals surface area contributed by atoms with Gasteiger partial charge in [-0.1, -0.05) is 42.6 Å². The molecule has 0 spiro atoms. The molecule has 2 nitrogen and oxygen atoms in total. The number of nitrogens with zero attached hydrogens (tertiary/aromatic N) is 2. The van der Waals surface area contributed by atoms with Gasteiger partial charge >= 0.3 is 0 Å². The van der Waals surface area contributed by atoms with E-state index in [4.69, 9.17) is 4.98 Å². The molecule has 0 atom stereocenters. The normalized spacial score (nSPS) is 15.4. The van der Waals surface area contributed by atoms with Gasteiger partial charge in [-0.2, -0.15) is 0 Å². The summed E-state index contributed by atoms with van der Waals surface area (Å²) >= 11 is 3.81. The number of fused-ring (bicyclic) bond motifs is 1. The molecule has 114 valence electrons. The van der Waals surface area contributed by atoms with Gasteiger partial charge in [0.1, 0.15) is 5.82 Å². The monoisotopic (exact) mass is 340 g/mol. The van der Waals surface area contributed by atoms with Crippen LogP contribution in [0.2, 0.25) is 0 Å². The van der Waals surface area contributed by atoms with Gasteiger partial charge < -0.3 is 4.57 Å². The molecule has 1 aliphatic rings. The van der Waals surface area contributed by atoms with Gasteiger partial charge in [0.15, 0.2) is 0 Å². The molecule has 0 aromatic carbocycles. The minimum Gasteiger partial charge on any atom is -0.331 e. The third-order valence-electron chi connectivity index (χ3n) is 4.76. The number of rotatable bonds is 7. The molecule has 0 N–H and O–H groups in total. The van der Waals surface area contributed by atoms with Crippen molar-refractivity contribution >= 4 is 15.9 Å². The standard InChI is InChI=1S/C17H29BrN2/c1-4-10-17(12-18,11-5-2)13-20-14(3)19-15-8-6-7-9-16(15)20/h4-13H2,1-3H3. The molecular weight excluding hydrogens is 312 g/mol. The van der Waals surface area contributed by atoms with Crippen LogP contribution in [0.25, 0.3) is 0 Å². The molecule has 0 bridgehead atoms. The van der Waals surface area contributed by atoms with Gasteiger partial charge in [0.05, 0.1) is 5.69 Å². The van der Waals surface area contributed by atoms with Crippen molar-refractivity contribution in [2.24, 2.45) is 5.41 Å². The van der Waals surface area contributed by atoms with Gasteiger partial charge in [-0.25, -0.2) is 4.98 Å². The van der Waals surface area contributed by atoms with Crippen molar-refractivity contribution in [3.8, 4) is 0 Å². The van der Waals surface area contributed by atoms with Crippen LogP contribution in [0.1, 0.15) is 69.6 Å². The molecule has 0 radical (unpaired) electrons. The molecule has 0 saturated heterocycles. The highest BCUT2D eigenvalue weighted by molar-refractivity contribution is 9.09. The van der Waals surface area contributed by atoms with Gasteiger partial charge in [-0.15, -0.1) is 0 Å². The van der Waals surface area contributed by atoms with Crippen molar-refractivity contribution in [1.29, 1.82) is 0 Å². The van der Waals surface area contributed by atoms with E-state index in [1.54, 1.807) is 0 Å². The number of hydrogen-bond acceptors (Lipinski definition) is 1. The molecule has 1 aromatic rings. The van der Waals surface area contributed by atoms with Crippen LogP contribution >= 0.6 is 15.9 Å². The zero-order valence-electron chi connectivity index (χ0n) is 13.3. The minimum atomic E-state index is 0.403. The summed E-state index contributed by atoms with van der Waals surface area (Å²) in [4.78, 5) is 4.84. The third-order valence-corrected chi connectivity index (χ3v) is 5.95. The SMILES string of the molecule is CCCC(CBr)(CCC)Cn1c(C)nc2c1CCCC2. The molecule has 20 heavy (non-hydrogen) atoms. The summed E-state index contributed by atoms with van der Waals surface area (Å²) in [6, 6.07) is 0. The van der Waals surface area contributed by atoms with Crippen LogP contribution in [0.15, 0.2) is 0 Å². The van der Waals surface area contributed by atoms with E-state index in [2.05, 4.69) is 41.3 Å². The Kier molecular flexibility index (Phi) is 5.71. The summed E-state index contributed by atoms with van der Waals surface area (Å²) in [7, 11) is 0. The minimum absolute atomic E-state index is 0.403. The van der Waals surface area contributed by atoms with Crippen LogP contribution < -0.4 is 0 Å². The van der Waals surface area contributed by atoms with Crippen molar-refractivity contribution in [3.63, 3.8) is 0 Å². The third kappa shape index (κ3) is 3.29. The summed E-state index contributed by atoms with van der Waals surface area (Å²) in [6.45, 7) is 7.95. The summed E-state index contributed by atoms with van der Waals surface area (Å²) in [5.74, 6) is 1.23. The van der Waals surface area contributed by atoms with Gasteiger partial charge in [-0.3, -0.25) is 0 Å². The van der Waals surface area contributed by atoms with Gasteiger partial charge in [0.25, 0.3) is 0 Å². The molecule has 1 aliphatic carbocycles. The van der Waals surface area contributed by atoms with E-state index in [0.29, 0.717) is 5.41 Å². The lowest BCUT2D eigenvalue weighted by Gasteiger charge is -2.33. The fraction of sp³-hybridized carbons (Fsp3) is 0.824. The average molecular weight is 341 g/mol. The Morgan fingerprint density at radius 3 is 2.40 bits per heavy atom. The lowest BCUT2D eigenvalue weighted by Crippen LogP contribution is -2.30. The number of hydrogen-bond donors (Lipinski definition) is 0. The van der Waals surface area contributed by atoms with E-state index in [0.717, 1.165) is 11.9 Å². The lowest BCUT2D eigenvalue weighted by atomic mass is 9.81. The zero-order chi connectivity index (χ0) is 14.6. The molecule has 3 heteroatoms. The summed E-state index contributed by atoms with van der Waals surface area (Å²) in [6.07, 6.45) is 10.2. The average Bonchev–Trinajstić information content (AvgIpc) is 2.75. The summed E-state index contributed by atoms with van der Waals surface area (Å²) < 4.78 is 2.54. The number of imidazole rings is 1. The highest BCUT2D eigenvalue weighted by Crippen LogP contribution is 2.36. The van der Waals surface area contributed by atoms with Crippen LogP contribution in [-0.4, -0.2) is 14.9 Å². The molecular formula is C17H29BrN2. The molecule has 1 heterocycles. The smallest absolute Gasteiger partial charge is 0.106 e. The van der Waals surface area contributed by atoms with E-state index < -0.39 is 0 Å². The highest BCUT2D eigenvalue weighted by atomic mass is 79.9. The first-order chi connectivity index (χ1) is 9.65. The van der Waals surface area contributed by atoms with Crippen molar-refractivity contribution < 1.29 is 0 Å². The predicted octanol–water partition coefficient (Wildman–Crippen LogP) is 5.05. The van der Waals surface area contributed by atoms with Crippen molar-refractivity contribution in [3.05, 3.63) is 17.2 Å². The van der Waals surface area contributed by atoms with Gasteiger partial charge in [0, 0.05) is 17.6 Å². The van der Waals surface area contributed by atoms with E-state index in [9.17, 15) is 0 Å². The van der Waals surface area contributed by atoms with Crippen LogP contribution in [0.3, 0.4) is 0 Å². The molecule has 0 amide bonds. The molecule has 1 aromatic heterocycles. The van der Waals surface area contributed by atoms with Crippen LogP contribution in [0.4, 0.5) is 0 Å². The molecule has 0 aliphatic heterocycles. The predicted molar refractivity (Wildman–Crippen MR) is 89.6 cm³/mol. The van der Waals surface area contributed by atoms with Crippen LogP contribution in [0.5, 0.6) is 0 Å². The fourth-order valence-electron chi connectivity index (χ4n) is 3.80. The zero-order valence-corrected chi connectivity index (χ0v) is 14.9. The highest BCUT2D eigenvalue weighted by Gasteiger charge is 2.30. The second-order valence-electron chi connectivity index (χ2n) is 6.48. The Bertz CT molecular complexity index is 430. The van der Waals surface area contributed by atoms with E-state index in [1.165, 1.54) is 68.6 Å². The Morgan fingerprint density at radius 2 is 1.80 bits per heavy atom. The second kappa shape index (κ2) is 7.11. The Hall–Kier alpha value is -0.310. The maximum absolute atomic E-state index is 4.84. The fourth-order valence-corrected chi connectivity index (χ4v) is 4.54. The van der Waals surface area contributed by atoms with Gasteiger partial charge in [0.2, 0.25) is 0 Å². The maximum atomic E-state index is 4.84. The second-order valence-corrected chi connectivity index (χ2v) is 7.04. The largest absolute Gasteiger partial charge is 0.331 e. The Labute approximate surface area is 132 Å². The van der Waals surface area contributed by atoms with Crippen LogP contribution in [-0.2, 0) is 19.4 Å².